The molecule has 1 saturated heterocycles. The summed E-state index contributed by atoms with van der Waals surface area (Å²) in [7, 11) is -4.40. The maximum absolute atomic E-state index is 13.4. The lowest BCUT2D eigenvalue weighted by atomic mass is 9.94. The van der Waals surface area contributed by atoms with E-state index < -0.39 is 67.1 Å². The highest BCUT2D eigenvalue weighted by Crippen LogP contribution is 2.44. The van der Waals surface area contributed by atoms with Crippen LogP contribution in [-0.2, 0) is 37.3 Å². The molecule has 2 unspecified atom stereocenters. The SMILES string of the molecule is CC(C)(C(N)=O)n1nc(C(F)(F)F)cc1C1CC(C)(S(=O)(=O)c2cccc(C(F)(F)F)c2)CCO1. The molecule has 1 aromatic heterocycles. The lowest BCUT2D eigenvalue weighted by molar-refractivity contribution is -0.142. The van der Waals surface area contributed by atoms with E-state index in [0.717, 1.165) is 22.9 Å². The number of hydrogen-bond acceptors (Lipinski definition) is 5. The van der Waals surface area contributed by atoms with E-state index >= 15 is 0 Å². The lowest BCUT2D eigenvalue weighted by Gasteiger charge is -2.38. The zero-order chi connectivity index (χ0) is 26.6. The smallest absolute Gasteiger partial charge is 0.372 e. The molecule has 2 aromatic rings. The summed E-state index contributed by atoms with van der Waals surface area (Å²) < 4.78 is 111. The lowest BCUT2D eigenvalue weighted by Crippen LogP contribution is -2.45. The first-order chi connectivity index (χ1) is 15.8. The Morgan fingerprint density at radius 1 is 1.14 bits per heavy atom. The molecule has 0 spiro atoms. The average Bonchev–Trinajstić information content (AvgIpc) is 3.20. The van der Waals surface area contributed by atoms with Gasteiger partial charge in [0.25, 0.3) is 0 Å². The summed E-state index contributed by atoms with van der Waals surface area (Å²) in [5, 5.41) is 3.49. The fourth-order valence-corrected chi connectivity index (χ4v) is 5.68. The second-order valence-electron chi connectivity index (χ2n) is 9.08. The second kappa shape index (κ2) is 8.50. The highest BCUT2D eigenvalue weighted by Gasteiger charge is 2.48. The van der Waals surface area contributed by atoms with Crippen molar-refractivity contribution in [3.63, 3.8) is 0 Å². The zero-order valence-electron chi connectivity index (χ0n) is 18.9. The van der Waals surface area contributed by atoms with Crippen molar-refractivity contribution in [1.82, 2.24) is 9.78 Å². The van der Waals surface area contributed by atoms with Gasteiger partial charge in [-0.25, -0.2) is 8.42 Å². The maximum atomic E-state index is 13.4. The molecule has 1 aromatic carbocycles. The van der Waals surface area contributed by atoms with Crippen LogP contribution in [0.4, 0.5) is 26.3 Å². The van der Waals surface area contributed by atoms with Gasteiger partial charge in [-0.15, -0.1) is 0 Å². The van der Waals surface area contributed by atoms with Gasteiger partial charge in [0.05, 0.1) is 20.9 Å². The van der Waals surface area contributed by atoms with E-state index in [1.54, 1.807) is 0 Å². The van der Waals surface area contributed by atoms with Gasteiger partial charge in [0, 0.05) is 6.61 Å². The number of aromatic nitrogens is 2. The number of hydrogen-bond donors (Lipinski definition) is 1. The fourth-order valence-electron chi connectivity index (χ4n) is 3.84. The van der Waals surface area contributed by atoms with Crippen LogP contribution in [0.15, 0.2) is 35.2 Å². The molecule has 35 heavy (non-hydrogen) atoms. The number of halogens is 6. The van der Waals surface area contributed by atoms with Crippen LogP contribution >= 0.6 is 0 Å². The number of nitrogens with zero attached hydrogens (tertiary/aromatic N) is 2. The molecular weight excluding hydrogens is 504 g/mol. The summed E-state index contributed by atoms with van der Waals surface area (Å²) in [5.74, 6) is -0.995. The van der Waals surface area contributed by atoms with Crippen LogP contribution in [0.1, 0.15) is 56.7 Å². The van der Waals surface area contributed by atoms with Crippen molar-refractivity contribution >= 4 is 15.7 Å². The summed E-state index contributed by atoms with van der Waals surface area (Å²) in [5.41, 5.74) is 0.915. The van der Waals surface area contributed by atoms with Crippen LogP contribution in [0.25, 0.3) is 0 Å². The third-order valence-electron chi connectivity index (χ3n) is 6.18. The van der Waals surface area contributed by atoms with Gasteiger partial charge >= 0.3 is 12.4 Å². The molecule has 1 fully saturated rings. The third-order valence-corrected chi connectivity index (χ3v) is 8.72. The zero-order valence-corrected chi connectivity index (χ0v) is 19.7. The van der Waals surface area contributed by atoms with Gasteiger partial charge in [-0.2, -0.15) is 31.4 Å². The van der Waals surface area contributed by atoms with Crippen molar-refractivity contribution in [2.45, 2.75) is 67.3 Å². The van der Waals surface area contributed by atoms with Crippen molar-refractivity contribution in [1.29, 1.82) is 0 Å². The van der Waals surface area contributed by atoms with E-state index in [1.807, 2.05) is 0 Å². The van der Waals surface area contributed by atoms with E-state index in [0.29, 0.717) is 12.1 Å². The molecule has 0 aliphatic carbocycles. The van der Waals surface area contributed by atoms with Crippen molar-refractivity contribution in [2.24, 2.45) is 5.73 Å². The van der Waals surface area contributed by atoms with Gasteiger partial charge < -0.3 is 10.5 Å². The summed E-state index contributed by atoms with van der Waals surface area (Å²) >= 11 is 0. The van der Waals surface area contributed by atoms with Gasteiger partial charge in [-0.3, -0.25) is 9.48 Å². The Kier molecular flexibility index (Phi) is 6.56. The highest BCUT2D eigenvalue weighted by molar-refractivity contribution is 7.92. The average molecular weight is 527 g/mol. The molecule has 0 bridgehead atoms. The van der Waals surface area contributed by atoms with Crippen molar-refractivity contribution in [3.05, 3.63) is 47.3 Å². The summed E-state index contributed by atoms with van der Waals surface area (Å²) in [6.07, 6.45) is -11.4. The monoisotopic (exact) mass is 527 g/mol. The number of sulfone groups is 1. The largest absolute Gasteiger partial charge is 0.435 e. The number of nitrogens with two attached hydrogens (primary N) is 1. The second-order valence-corrected chi connectivity index (χ2v) is 11.5. The Hall–Kier alpha value is -2.61. The number of amides is 1. The van der Waals surface area contributed by atoms with Gasteiger partial charge in [-0.1, -0.05) is 6.07 Å². The first-order valence-corrected chi connectivity index (χ1v) is 11.8. The fraction of sp³-hybridized carbons (Fsp3) is 0.524. The Morgan fingerprint density at radius 2 is 1.77 bits per heavy atom. The molecule has 1 amide bonds. The Balaban J connectivity index is 2.08. The molecule has 194 valence electrons. The molecular formula is C21H23F6N3O4S. The summed E-state index contributed by atoms with van der Waals surface area (Å²) in [6, 6.07) is 3.90. The molecule has 2 atom stereocenters. The maximum Gasteiger partial charge on any atom is 0.435 e. The Bertz CT molecular complexity index is 1240. The number of carbonyl (C=O) groups is 1. The molecule has 14 heteroatoms. The van der Waals surface area contributed by atoms with Gasteiger partial charge in [0.1, 0.15) is 11.6 Å². The van der Waals surface area contributed by atoms with Crippen molar-refractivity contribution in [3.8, 4) is 0 Å². The molecule has 2 N–H and O–H groups in total. The predicted octanol–water partition coefficient (Wildman–Crippen LogP) is 4.23. The van der Waals surface area contributed by atoms with Gasteiger partial charge in [0.15, 0.2) is 15.5 Å². The molecule has 1 aliphatic rings. The summed E-state index contributed by atoms with van der Waals surface area (Å²) in [4.78, 5) is 11.4. The third kappa shape index (κ3) is 4.90. The minimum absolute atomic E-state index is 0.123. The van der Waals surface area contributed by atoms with Crippen LogP contribution in [0.3, 0.4) is 0 Å². The number of benzene rings is 1. The molecule has 3 rings (SSSR count). The van der Waals surface area contributed by atoms with Crippen LogP contribution < -0.4 is 5.73 Å². The van der Waals surface area contributed by atoms with Crippen LogP contribution in [0, 0.1) is 0 Å². The van der Waals surface area contributed by atoms with E-state index in [4.69, 9.17) is 10.5 Å². The minimum atomic E-state index is -4.88. The normalized spacial score (nSPS) is 22.3. The molecule has 0 saturated carbocycles. The molecule has 0 radical (unpaired) electrons. The van der Waals surface area contributed by atoms with Gasteiger partial charge in [-0.05, 0) is 57.9 Å². The van der Waals surface area contributed by atoms with Crippen molar-refractivity contribution < 1.29 is 44.3 Å². The Morgan fingerprint density at radius 3 is 2.31 bits per heavy atom. The first-order valence-electron chi connectivity index (χ1n) is 10.3. The number of rotatable bonds is 5. The number of alkyl halides is 6. The molecule has 7 nitrogen and oxygen atoms in total. The van der Waals surface area contributed by atoms with Crippen molar-refractivity contribution in [2.75, 3.05) is 6.61 Å². The standard InChI is InChI=1S/C21H23F6N3O4S/c1-18(2,17(28)31)30-14(10-16(29-30)21(25,26)27)15-11-19(3,7-8-34-15)35(32,33)13-6-4-5-12(9-13)20(22,23)24/h4-6,9-10,15H,7-8,11H2,1-3H3,(H2,28,31). The van der Waals surface area contributed by atoms with E-state index in [2.05, 4.69) is 5.10 Å². The molecule has 2 heterocycles. The van der Waals surface area contributed by atoms with E-state index in [-0.39, 0.29) is 18.7 Å². The quantitative estimate of drug-likeness (QED) is 0.587. The predicted molar refractivity (Wildman–Crippen MR) is 111 cm³/mol. The van der Waals surface area contributed by atoms with E-state index in [9.17, 15) is 39.6 Å². The van der Waals surface area contributed by atoms with E-state index in [1.165, 1.54) is 20.8 Å². The van der Waals surface area contributed by atoms with Crippen LogP contribution in [-0.4, -0.2) is 35.5 Å². The van der Waals surface area contributed by atoms with Gasteiger partial charge in [0.2, 0.25) is 5.91 Å². The number of carbonyl (C=O) groups excluding carboxylic acids is 1. The highest BCUT2D eigenvalue weighted by atomic mass is 32.2. The first kappa shape index (κ1) is 27.0. The van der Waals surface area contributed by atoms with Crippen LogP contribution in [0.2, 0.25) is 0 Å². The summed E-state index contributed by atoms with van der Waals surface area (Å²) in [6.45, 7) is 3.56. The molecule has 1 aliphatic heterocycles. The number of ether oxygens (including phenoxy) is 1. The number of primary amides is 1. The minimum Gasteiger partial charge on any atom is -0.372 e. The van der Waals surface area contributed by atoms with Crippen LogP contribution in [0.5, 0.6) is 0 Å². The Labute approximate surface area is 197 Å². The topological polar surface area (TPSA) is 104 Å².